The van der Waals surface area contributed by atoms with E-state index in [1.54, 1.807) is 17.6 Å². The number of hydrogen-bond acceptors (Lipinski definition) is 5. The van der Waals surface area contributed by atoms with Gasteiger partial charge in [-0.1, -0.05) is 0 Å². The fraction of sp³-hybridized carbons (Fsp3) is 0.333. The van der Waals surface area contributed by atoms with Gasteiger partial charge in [-0.25, -0.2) is 4.79 Å². The van der Waals surface area contributed by atoms with Gasteiger partial charge in [-0.3, -0.25) is 15.0 Å². The van der Waals surface area contributed by atoms with Gasteiger partial charge in [0.05, 0.1) is 12.8 Å². The Balaban J connectivity index is 1.94. The zero-order valence-electron chi connectivity index (χ0n) is 12.4. The summed E-state index contributed by atoms with van der Waals surface area (Å²) in [5.74, 6) is 0.461. The Morgan fingerprint density at radius 3 is 2.73 bits per heavy atom. The summed E-state index contributed by atoms with van der Waals surface area (Å²) in [5, 5.41) is 2.08. The summed E-state index contributed by atoms with van der Waals surface area (Å²) in [4.78, 5) is 26.8. The number of nitrogens with zero attached hydrogens (tertiary/aromatic N) is 1. The molecule has 2 rings (SSSR count). The second-order valence-electron chi connectivity index (χ2n) is 4.96. The molecule has 0 aromatic carbocycles. The maximum Gasteiger partial charge on any atom is 0.318 e. The summed E-state index contributed by atoms with van der Waals surface area (Å²) in [6, 6.07) is 7.07. The first-order chi connectivity index (χ1) is 10.5. The largest absolute Gasteiger partial charge is 0.468 e. The number of carbonyl (C=O) groups excluding carboxylic acids is 2. The van der Waals surface area contributed by atoms with Crippen molar-refractivity contribution in [3.05, 3.63) is 46.0 Å². The predicted molar refractivity (Wildman–Crippen MR) is 84.2 cm³/mol. The van der Waals surface area contributed by atoms with Gasteiger partial charge in [-0.05, 0) is 31.2 Å². The van der Waals surface area contributed by atoms with Gasteiger partial charge < -0.3 is 10.2 Å². The maximum absolute atomic E-state index is 11.6. The number of hydrogen-bond donors (Lipinski definition) is 2. The SMILES string of the molecule is Cc1ccc(CN(CCC(=O)NC(N)=O)Cc2ccco2)s1. The lowest BCUT2D eigenvalue weighted by atomic mass is 10.3. The molecule has 0 atom stereocenters. The zero-order valence-corrected chi connectivity index (χ0v) is 13.2. The lowest BCUT2D eigenvalue weighted by molar-refractivity contribution is -0.120. The molecule has 2 aromatic rings. The minimum absolute atomic E-state index is 0.202. The first-order valence-corrected chi connectivity index (χ1v) is 7.74. The van der Waals surface area contributed by atoms with E-state index < -0.39 is 6.03 Å². The molecule has 118 valence electrons. The number of primary amides is 1. The van der Waals surface area contributed by atoms with Crippen LogP contribution in [0.4, 0.5) is 4.79 Å². The highest BCUT2D eigenvalue weighted by atomic mass is 32.1. The summed E-state index contributed by atoms with van der Waals surface area (Å²) >= 11 is 1.73. The molecule has 3 amide bonds. The van der Waals surface area contributed by atoms with Gasteiger partial charge in [-0.2, -0.15) is 0 Å². The number of furan rings is 1. The Kier molecular flexibility index (Phi) is 5.74. The second-order valence-corrected chi connectivity index (χ2v) is 6.34. The van der Waals surface area contributed by atoms with Crippen molar-refractivity contribution in [3.8, 4) is 0 Å². The van der Waals surface area contributed by atoms with Gasteiger partial charge in [0.15, 0.2) is 0 Å². The Hall–Kier alpha value is -2.12. The lowest BCUT2D eigenvalue weighted by Crippen LogP contribution is -2.37. The summed E-state index contributed by atoms with van der Waals surface area (Å²) in [6.07, 6.45) is 1.83. The van der Waals surface area contributed by atoms with Crippen LogP contribution in [0.2, 0.25) is 0 Å². The van der Waals surface area contributed by atoms with E-state index >= 15 is 0 Å². The van der Waals surface area contributed by atoms with Crippen molar-refractivity contribution in [2.24, 2.45) is 5.73 Å². The fourth-order valence-corrected chi connectivity index (χ4v) is 3.02. The van der Waals surface area contributed by atoms with Gasteiger partial charge in [-0.15, -0.1) is 11.3 Å². The molecule has 3 N–H and O–H groups in total. The molecule has 6 nitrogen and oxygen atoms in total. The van der Waals surface area contributed by atoms with Crippen LogP contribution in [0.15, 0.2) is 34.9 Å². The summed E-state index contributed by atoms with van der Waals surface area (Å²) in [5.41, 5.74) is 4.94. The average Bonchev–Trinajstić information content (AvgIpc) is 3.07. The van der Waals surface area contributed by atoms with E-state index in [4.69, 9.17) is 10.2 Å². The topological polar surface area (TPSA) is 88.6 Å². The monoisotopic (exact) mass is 321 g/mol. The van der Waals surface area contributed by atoms with Crippen LogP contribution in [0, 0.1) is 6.92 Å². The molecule has 0 radical (unpaired) electrons. The van der Waals surface area contributed by atoms with Gasteiger partial charge in [0, 0.05) is 29.3 Å². The second kappa shape index (κ2) is 7.77. The molecule has 0 saturated heterocycles. The number of nitrogens with one attached hydrogen (secondary N) is 1. The predicted octanol–water partition coefficient (Wildman–Crippen LogP) is 2.24. The molecule has 0 unspecified atom stereocenters. The van der Waals surface area contributed by atoms with Gasteiger partial charge in [0.2, 0.25) is 5.91 Å². The molecule has 2 heterocycles. The third-order valence-electron chi connectivity index (χ3n) is 3.05. The van der Waals surface area contributed by atoms with Crippen molar-refractivity contribution in [1.29, 1.82) is 0 Å². The molecule has 0 aliphatic heterocycles. The molecule has 2 aromatic heterocycles. The van der Waals surface area contributed by atoms with E-state index in [-0.39, 0.29) is 12.3 Å². The molecule has 0 saturated carbocycles. The molecule has 0 aliphatic rings. The minimum Gasteiger partial charge on any atom is -0.468 e. The highest BCUT2D eigenvalue weighted by Crippen LogP contribution is 2.18. The molecule has 7 heteroatoms. The van der Waals surface area contributed by atoms with Crippen molar-refractivity contribution in [1.82, 2.24) is 10.2 Å². The number of imide groups is 1. The van der Waals surface area contributed by atoms with E-state index in [0.29, 0.717) is 13.1 Å². The molecule has 0 aliphatic carbocycles. The van der Waals surface area contributed by atoms with Crippen LogP contribution < -0.4 is 11.1 Å². The van der Waals surface area contributed by atoms with Gasteiger partial charge >= 0.3 is 6.03 Å². The number of aryl methyl sites for hydroxylation is 1. The first-order valence-electron chi connectivity index (χ1n) is 6.92. The van der Waals surface area contributed by atoms with Crippen LogP contribution in [0.3, 0.4) is 0 Å². The van der Waals surface area contributed by atoms with E-state index in [0.717, 1.165) is 12.3 Å². The Morgan fingerprint density at radius 1 is 1.32 bits per heavy atom. The Bertz CT molecular complexity index is 622. The number of rotatable bonds is 7. The molecule has 0 fully saturated rings. The lowest BCUT2D eigenvalue weighted by Gasteiger charge is -2.20. The van der Waals surface area contributed by atoms with Crippen LogP contribution in [-0.2, 0) is 17.9 Å². The number of amides is 3. The smallest absolute Gasteiger partial charge is 0.318 e. The highest BCUT2D eigenvalue weighted by Gasteiger charge is 2.13. The summed E-state index contributed by atoms with van der Waals surface area (Å²) < 4.78 is 5.37. The summed E-state index contributed by atoms with van der Waals surface area (Å²) in [7, 11) is 0. The van der Waals surface area contributed by atoms with Crippen LogP contribution in [0.25, 0.3) is 0 Å². The van der Waals surface area contributed by atoms with E-state index in [1.807, 2.05) is 12.1 Å². The van der Waals surface area contributed by atoms with Crippen molar-refractivity contribution in [3.63, 3.8) is 0 Å². The van der Waals surface area contributed by atoms with E-state index in [9.17, 15) is 9.59 Å². The van der Waals surface area contributed by atoms with Crippen LogP contribution in [0.5, 0.6) is 0 Å². The maximum atomic E-state index is 11.6. The molecule has 0 bridgehead atoms. The van der Waals surface area contributed by atoms with Crippen LogP contribution in [-0.4, -0.2) is 23.4 Å². The highest BCUT2D eigenvalue weighted by molar-refractivity contribution is 7.11. The van der Waals surface area contributed by atoms with Gasteiger partial charge in [0.25, 0.3) is 0 Å². The number of carbonyl (C=O) groups is 2. The molecular formula is C15H19N3O3S. The zero-order chi connectivity index (χ0) is 15.9. The number of nitrogens with two attached hydrogens (primary N) is 1. The minimum atomic E-state index is -0.823. The fourth-order valence-electron chi connectivity index (χ4n) is 2.09. The average molecular weight is 321 g/mol. The Morgan fingerprint density at radius 2 is 2.14 bits per heavy atom. The van der Waals surface area contributed by atoms with Crippen LogP contribution >= 0.6 is 11.3 Å². The normalized spacial score (nSPS) is 10.8. The van der Waals surface area contributed by atoms with Crippen LogP contribution in [0.1, 0.15) is 21.9 Å². The van der Waals surface area contributed by atoms with E-state index in [2.05, 4.69) is 29.3 Å². The summed E-state index contributed by atoms with van der Waals surface area (Å²) in [6.45, 7) is 3.90. The number of thiophene rings is 1. The van der Waals surface area contributed by atoms with Crippen molar-refractivity contribution in [2.45, 2.75) is 26.4 Å². The molecule has 22 heavy (non-hydrogen) atoms. The quantitative estimate of drug-likeness (QED) is 0.818. The van der Waals surface area contributed by atoms with Crippen molar-refractivity contribution < 1.29 is 14.0 Å². The third-order valence-corrected chi connectivity index (χ3v) is 4.04. The van der Waals surface area contributed by atoms with Gasteiger partial charge in [0.1, 0.15) is 5.76 Å². The first kappa shape index (κ1) is 16.3. The molecular weight excluding hydrogens is 302 g/mol. The number of urea groups is 1. The van der Waals surface area contributed by atoms with Crippen molar-refractivity contribution in [2.75, 3.05) is 6.54 Å². The third kappa shape index (κ3) is 5.34. The Labute approximate surface area is 132 Å². The van der Waals surface area contributed by atoms with E-state index in [1.165, 1.54) is 9.75 Å². The standard InChI is InChI=1S/C15H19N3O3S/c1-11-4-5-13(22-11)10-18(9-12-3-2-8-21-12)7-6-14(19)17-15(16)20/h2-5,8H,6-7,9-10H2,1H3,(H3,16,17,19,20). The molecule has 0 spiro atoms. The van der Waals surface area contributed by atoms with Crippen molar-refractivity contribution >= 4 is 23.3 Å².